The van der Waals surface area contributed by atoms with Crippen molar-refractivity contribution in [2.75, 3.05) is 18.5 Å². The van der Waals surface area contributed by atoms with Crippen LogP contribution in [0.3, 0.4) is 0 Å². The molecule has 0 atom stereocenters. The van der Waals surface area contributed by atoms with E-state index in [0.717, 1.165) is 36.2 Å². The number of hydrogen-bond donors (Lipinski definition) is 1. The van der Waals surface area contributed by atoms with Crippen LogP contribution < -0.4 is 14.8 Å². The van der Waals surface area contributed by atoms with Crippen molar-refractivity contribution in [1.29, 1.82) is 0 Å². The maximum Gasteiger partial charge on any atom is 0.276 e. The molecule has 0 radical (unpaired) electrons. The van der Waals surface area contributed by atoms with E-state index in [1.165, 1.54) is 0 Å². The molecule has 6 nitrogen and oxygen atoms in total. The van der Waals surface area contributed by atoms with E-state index < -0.39 is 0 Å². The highest BCUT2D eigenvalue weighted by Gasteiger charge is 2.27. The van der Waals surface area contributed by atoms with Gasteiger partial charge in [-0.1, -0.05) is 18.2 Å². The van der Waals surface area contributed by atoms with E-state index in [4.69, 9.17) is 9.47 Å². The third kappa shape index (κ3) is 3.83. The van der Waals surface area contributed by atoms with Crippen LogP contribution >= 0.6 is 0 Å². The Labute approximate surface area is 170 Å². The number of nitrogens with zero attached hydrogens (tertiary/aromatic N) is 2. The minimum absolute atomic E-state index is 0.204. The first-order valence-electron chi connectivity index (χ1n) is 10.1. The van der Waals surface area contributed by atoms with Crippen LogP contribution in [0.25, 0.3) is 5.69 Å². The summed E-state index contributed by atoms with van der Waals surface area (Å²) in [5.74, 6) is 1.08. The van der Waals surface area contributed by atoms with Crippen LogP contribution in [0, 0.1) is 0 Å². The molecule has 1 N–H and O–H groups in total. The van der Waals surface area contributed by atoms with Gasteiger partial charge in [-0.05, 0) is 57.4 Å². The summed E-state index contributed by atoms with van der Waals surface area (Å²) in [7, 11) is 0. The van der Waals surface area contributed by atoms with E-state index in [1.54, 1.807) is 6.07 Å². The second-order valence-electron chi connectivity index (χ2n) is 6.86. The molecule has 0 spiro atoms. The van der Waals surface area contributed by atoms with Gasteiger partial charge in [0.05, 0.1) is 18.9 Å². The van der Waals surface area contributed by atoms with Crippen LogP contribution in [-0.4, -0.2) is 28.9 Å². The lowest BCUT2D eigenvalue weighted by atomic mass is 10.2. The molecular weight excluding hydrogens is 366 g/mol. The van der Waals surface area contributed by atoms with E-state index in [2.05, 4.69) is 10.4 Å². The molecule has 4 rings (SSSR count). The van der Waals surface area contributed by atoms with Crippen LogP contribution in [0.4, 0.5) is 5.69 Å². The van der Waals surface area contributed by atoms with Gasteiger partial charge in [0.15, 0.2) is 17.2 Å². The number of amides is 1. The smallest absolute Gasteiger partial charge is 0.276 e. The van der Waals surface area contributed by atoms with Gasteiger partial charge in [-0.15, -0.1) is 0 Å². The van der Waals surface area contributed by atoms with E-state index in [1.807, 2.05) is 61.0 Å². The molecule has 1 aromatic heterocycles. The molecule has 0 bridgehead atoms. The first-order valence-corrected chi connectivity index (χ1v) is 10.1. The Morgan fingerprint density at radius 2 is 1.79 bits per heavy atom. The fourth-order valence-corrected chi connectivity index (χ4v) is 3.72. The van der Waals surface area contributed by atoms with Gasteiger partial charge in [0.25, 0.3) is 5.91 Å². The van der Waals surface area contributed by atoms with Crippen LogP contribution in [0.5, 0.6) is 11.5 Å². The van der Waals surface area contributed by atoms with E-state index in [0.29, 0.717) is 36.1 Å². The normalized spacial score (nSPS) is 12.5. The number of nitrogens with one attached hydrogen (secondary N) is 1. The largest absolute Gasteiger partial charge is 0.490 e. The van der Waals surface area contributed by atoms with E-state index in [9.17, 15) is 4.79 Å². The number of hydrogen-bond acceptors (Lipinski definition) is 4. The van der Waals surface area contributed by atoms with Crippen LogP contribution in [0.2, 0.25) is 0 Å². The molecular formula is C23H25N3O3. The Kier molecular flexibility index (Phi) is 5.51. The molecule has 3 aromatic rings. The first kappa shape index (κ1) is 19.1. The lowest BCUT2D eigenvalue weighted by molar-refractivity contribution is 0.102. The molecule has 0 saturated carbocycles. The zero-order chi connectivity index (χ0) is 20.2. The fraction of sp³-hybridized carbons (Fsp3) is 0.304. The maximum absolute atomic E-state index is 13.0. The highest BCUT2D eigenvalue weighted by molar-refractivity contribution is 6.04. The molecule has 6 heteroatoms. The minimum Gasteiger partial charge on any atom is -0.490 e. The number of para-hydroxylation sites is 1. The topological polar surface area (TPSA) is 65.4 Å². The monoisotopic (exact) mass is 391 g/mol. The number of fused-ring (bicyclic) bond motifs is 1. The molecule has 1 amide bonds. The summed E-state index contributed by atoms with van der Waals surface area (Å²) in [6.45, 7) is 4.91. The van der Waals surface area contributed by atoms with E-state index in [-0.39, 0.29) is 5.91 Å². The molecule has 1 heterocycles. The summed E-state index contributed by atoms with van der Waals surface area (Å²) >= 11 is 0. The van der Waals surface area contributed by atoms with Gasteiger partial charge in [-0.2, -0.15) is 5.10 Å². The van der Waals surface area contributed by atoms with Crippen molar-refractivity contribution in [3.05, 3.63) is 65.5 Å². The third-order valence-corrected chi connectivity index (χ3v) is 4.95. The second kappa shape index (κ2) is 8.39. The zero-order valence-corrected chi connectivity index (χ0v) is 16.8. The van der Waals surface area contributed by atoms with Crippen molar-refractivity contribution >= 4 is 11.6 Å². The summed E-state index contributed by atoms with van der Waals surface area (Å²) < 4.78 is 13.2. The van der Waals surface area contributed by atoms with Gasteiger partial charge >= 0.3 is 0 Å². The second-order valence-corrected chi connectivity index (χ2v) is 6.86. The van der Waals surface area contributed by atoms with Crippen LogP contribution in [0.1, 0.15) is 42.0 Å². The molecule has 0 saturated heterocycles. The molecule has 1 aliphatic carbocycles. The van der Waals surface area contributed by atoms with Crippen LogP contribution in [-0.2, 0) is 12.8 Å². The number of anilines is 1. The van der Waals surface area contributed by atoms with Gasteiger partial charge < -0.3 is 14.8 Å². The zero-order valence-electron chi connectivity index (χ0n) is 16.8. The number of ether oxygens (including phenoxy) is 2. The number of aromatic nitrogens is 2. The summed E-state index contributed by atoms with van der Waals surface area (Å²) in [6, 6.07) is 15.4. The average molecular weight is 391 g/mol. The average Bonchev–Trinajstić information content (AvgIpc) is 3.33. The summed E-state index contributed by atoms with van der Waals surface area (Å²) in [5, 5.41) is 7.62. The van der Waals surface area contributed by atoms with Gasteiger partial charge in [0.2, 0.25) is 0 Å². The minimum atomic E-state index is -0.204. The highest BCUT2D eigenvalue weighted by Crippen LogP contribution is 2.32. The van der Waals surface area contributed by atoms with Crippen molar-refractivity contribution in [2.24, 2.45) is 0 Å². The molecule has 150 valence electrons. The first-order chi connectivity index (χ1) is 14.2. The van der Waals surface area contributed by atoms with Crippen molar-refractivity contribution in [3.8, 4) is 17.2 Å². The molecule has 0 aliphatic heterocycles. The number of carbonyl (C=O) groups excluding carboxylic acids is 1. The quantitative estimate of drug-likeness (QED) is 0.648. The SMILES string of the molecule is CCOc1ccc(NC(=O)c2nn(-c3ccccc3)c3c2CCC3)cc1OCC. The Morgan fingerprint density at radius 3 is 2.55 bits per heavy atom. The third-order valence-electron chi connectivity index (χ3n) is 4.95. The van der Waals surface area contributed by atoms with Gasteiger partial charge in [0, 0.05) is 23.0 Å². The van der Waals surface area contributed by atoms with Crippen molar-refractivity contribution in [2.45, 2.75) is 33.1 Å². The Bertz CT molecular complexity index is 1010. The standard InChI is InChI=1S/C23H25N3O3/c1-3-28-20-14-13-16(15-21(20)29-4-2)24-23(27)22-18-11-8-12-19(18)26(25-22)17-9-6-5-7-10-17/h5-7,9-10,13-15H,3-4,8,11-12H2,1-2H3,(H,24,27). The number of carbonyl (C=O) groups is 1. The Morgan fingerprint density at radius 1 is 1.03 bits per heavy atom. The maximum atomic E-state index is 13.0. The predicted octanol–water partition coefficient (Wildman–Crippen LogP) is 4.41. The van der Waals surface area contributed by atoms with Crippen molar-refractivity contribution in [1.82, 2.24) is 9.78 Å². The molecule has 0 fully saturated rings. The Hall–Kier alpha value is -3.28. The van der Waals surface area contributed by atoms with E-state index >= 15 is 0 Å². The number of benzene rings is 2. The molecule has 2 aromatic carbocycles. The predicted molar refractivity (Wildman–Crippen MR) is 112 cm³/mol. The van der Waals surface area contributed by atoms with Gasteiger partial charge in [0.1, 0.15) is 0 Å². The van der Waals surface area contributed by atoms with Crippen molar-refractivity contribution in [3.63, 3.8) is 0 Å². The van der Waals surface area contributed by atoms with Crippen molar-refractivity contribution < 1.29 is 14.3 Å². The molecule has 0 unspecified atom stereocenters. The highest BCUT2D eigenvalue weighted by atomic mass is 16.5. The molecule has 29 heavy (non-hydrogen) atoms. The summed E-state index contributed by atoms with van der Waals surface area (Å²) in [4.78, 5) is 13.0. The summed E-state index contributed by atoms with van der Waals surface area (Å²) in [6.07, 6.45) is 2.85. The van der Waals surface area contributed by atoms with Gasteiger partial charge in [-0.3, -0.25) is 4.79 Å². The molecule has 1 aliphatic rings. The lowest BCUT2D eigenvalue weighted by Gasteiger charge is -2.13. The van der Waals surface area contributed by atoms with Crippen LogP contribution in [0.15, 0.2) is 48.5 Å². The Balaban J connectivity index is 1.62. The fourth-order valence-electron chi connectivity index (χ4n) is 3.72. The summed E-state index contributed by atoms with van der Waals surface area (Å²) in [5.41, 5.74) is 4.30. The van der Waals surface area contributed by atoms with Gasteiger partial charge in [-0.25, -0.2) is 4.68 Å². The lowest BCUT2D eigenvalue weighted by Crippen LogP contribution is -2.15. The number of rotatable bonds is 7.